The number of aliphatic carboxylic acids is 1. The summed E-state index contributed by atoms with van der Waals surface area (Å²) in [6.45, 7) is 2.50. The Labute approximate surface area is 221 Å². The number of esters is 1. The Morgan fingerprint density at radius 1 is 1.32 bits per heavy atom. The van der Waals surface area contributed by atoms with Gasteiger partial charge in [0.2, 0.25) is 0 Å². The van der Waals surface area contributed by atoms with E-state index in [1.54, 1.807) is 12.3 Å². The maximum atomic E-state index is 13.8. The number of hydrogen-bond donors (Lipinski definition) is 2. The molecule has 1 fully saturated rings. The Kier molecular flexibility index (Phi) is 8.26. The van der Waals surface area contributed by atoms with Crippen LogP contribution >= 0.6 is 22.9 Å². The van der Waals surface area contributed by atoms with Gasteiger partial charge in [0.25, 0.3) is 0 Å². The molecule has 2 N–H and O–H groups in total. The number of nitrogens with zero attached hydrogens (tertiary/aromatic N) is 3. The number of thiazole rings is 1. The molecule has 2 aliphatic heterocycles. The molecule has 2 aromatic rings. The van der Waals surface area contributed by atoms with Crippen molar-refractivity contribution >= 4 is 50.5 Å². The fourth-order valence-corrected chi connectivity index (χ4v) is 6.33. The van der Waals surface area contributed by atoms with Crippen molar-refractivity contribution in [2.75, 3.05) is 37.7 Å². The van der Waals surface area contributed by atoms with Crippen LogP contribution in [0.1, 0.15) is 29.2 Å². The molecule has 37 heavy (non-hydrogen) atoms. The van der Waals surface area contributed by atoms with E-state index in [1.165, 1.54) is 23.5 Å². The fourth-order valence-electron chi connectivity index (χ4n) is 4.01. The molecule has 10 nitrogen and oxygen atoms in total. The van der Waals surface area contributed by atoms with Gasteiger partial charge in [-0.1, -0.05) is 17.7 Å². The minimum atomic E-state index is -3.12. The van der Waals surface area contributed by atoms with E-state index in [4.69, 9.17) is 21.4 Å². The Bertz CT molecular complexity index is 1380. The third-order valence-corrected chi connectivity index (χ3v) is 8.62. The van der Waals surface area contributed by atoms with E-state index in [-0.39, 0.29) is 60.6 Å². The van der Waals surface area contributed by atoms with Gasteiger partial charge < -0.3 is 15.2 Å². The van der Waals surface area contributed by atoms with Crippen LogP contribution in [0.2, 0.25) is 5.02 Å². The molecule has 1 aromatic carbocycles. The number of carboxylic acid groups (broad SMARTS) is 1. The second-order valence-corrected chi connectivity index (χ2v) is 12.0. The molecule has 14 heteroatoms. The first kappa shape index (κ1) is 27.2. The number of benzene rings is 1. The number of aromatic nitrogens is 1. The largest absolute Gasteiger partial charge is 0.481 e. The highest BCUT2D eigenvalue weighted by Gasteiger charge is 2.35. The van der Waals surface area contributed by atoms with Crippen molar-refractivity contribution in [3.05, 3.63) is 62.0 Å². The van der Waals surface area contributed by atoms with Gasteiger partial charge in [-0.05, 0) is 19.1 Å². The summed E-state index contributed by atoms with van der Waals surface area (Å²) in [5, 5.41) is 14.3. The molecule has 4 rings (SSSR count). The number of aliphatic imine (C=N–C) groups is 1. The number of hydrogen-bond acceptors (Lipinski definition) is 10. The Morgan fingerprint density at radius 3 is 2.70 bits per heavy atom. The highest BCUT2D eigenvalue weighted by atomic mass is 35.5. The van der Waals surface area contributed by atoms with Crippen molar-refractivity contribution < 1.29 is 32.2 Å². The van der Waals surface area contributed by atoms with Crippen LogP contribution in [0.4, 0.5) is 4.39 Å². The van der Waals surface area contributed by atoms with Gasteiger partial charge in [0.1, 0.15) is 11.9 Å². The predicted octanol–water partition coefficient (Wildman–Crippen LogP) is 2.20. The molecule has 0 bridgehead atoms. The summed E-state index contributed by atoms with van der Waals surface area (Å²) in [4.78, 5) is 35.2. The number of nitrogens with one attached hydrogen (secondary N) is 1. The lowest BCUT2D eigenvalue weighted by Crippen LogP contribution is -2.45. The third kappa shape index (κ3) is 6.53. The van der Waals surface area contributed by atoms with Gasteiger partial charge in [0, 0.05) is 41.3 Å². The predicted molar refractivity (Wildman–Crippen MR) is 136 cm³/mol. The van der Waals surface area contributed by atoms with Crippen molar-refractivity contribution in [2.45, 2.75) is 19.4 Å². The van der Waals surface area contributed by atoms with Gasteiger partial charge in [-0.2, -0.15) is 0 Å². The number of carbonyl (C=O) groups is 2. The Hall–Kier alpha value is -2.87. The molecule has 1 aromatic heterocycles. The average molecular weight is 571 g/mol. The van der Waals surface area contributed by atoms with Gasteiger partial charge in [-0.25, -0.2) is 22.6 Å². The van der Waals surface area contributed by atoms with Crippen molar-refractivity contribution in [1.82, 2.24) is 15.2 Å². The Morgan fingerprint density at radius 2 is 2.05 bits per heavy atom. The average Bonchev–Trinajstić information content (AvgIpc) is 3.28. The summed E-state index contributed by atoms with van der Waals surface area (Å²) < 4.78 is 43.0. The summed E-state index contributed by atoms with van der Waals surface area (Å²) in [6.07, 6.45) is -0.268. The first-order valence-corrected chi connectivity index (χ1v) is 14.4. The van der Waals surface area contributed by atoms with E-state index >= 15 is 0 Å². The SMILES string of the molecule is CCOC(=O)C1=C(CN2CCS(=O)(=O)CC2)NC(c2nc(CC(=O)O)cs2)=NC1c1ccc(F)cc1Cl. The van der Waals surface area contributed by atoms with Gasteiger partial charge in [-0.15, -0.1) is 11.3 Å². The molecule has 0 saturated carbocycles. The van der Waals surface area contributed by atoms with Gasteiger partial charge in [0.05, 0.1) is 35.8 Å². The maximum absolute atomic E-state index is 13.8. The molecular formula is C23H24ClFN4O6S2. The number of carbonyl (C=O) groups excluding carboxylic acids is 1. The Balaban J connectivity index is 1.79. The van der Waals surface area contributed by atoms with E-state index < -0.39 is 33.6 Å². The molecule has 1 atom stereocenters. The maximum Gasteiger partial charge on any atom is 0.338 e. The van der Waals surface area contributed by atoms with Crippen LogP contribution in [0, 0.1) is 5.82 Å². The molecule has 1 saturated heterocycles. The second kappa shape index (κ2) is 11.3. The zero-order valence-electron chi connectivity index (χ0n) is 19.7. The molecule has 0 spiro atoms. The molecule has 2 aliphatic rings. The highest BCUT2D eigenvalue weighted by molar-refractivity contribution is 7.91. The third-order valence-electron chi connectivity index (χ3n) is 5.78. The second-order valence-electron chi connectivity index (χ2n) is 8.43. The van der Waals surface area contributed by atoms with Crippen LogP contribution in [0.3, 0.4) is 0 Å². The molecule has 198 valence electrons. The number of ether oxygens (including phenoxy) is 1. The number of halogens is 2. The molecule has 0 aliphatic carbocycles. The van der Waals surface area contributed by atoms with Crippen LogP contribution in [0.5, 0.6) is 0 Å². The normalized spacial score (nSPS) is 19.8. The zero-order valence-corrected chi connectivity index (χ0v) is 22.1. The summed E-state index contributed by atoms with van der Waals surface area (Å²) >= 11 is 7.55. The van der Waals surface area contributed by atoms with Crippen LogP contribution in [-0.2, 0) is 30.6 Å². The summed E-state index contributed by atoms with van der Waals surface area (Å²) in [7, 11) is -3.12. The van der Waals surface area contributed by atoms with Crippen molar-refractivity contribution in [2.24, 2.45) is 4.99 Å². The topological polar surface area (TPSA) is 138 Å². The molecule has 0 radical (unpaired) electrons. The number of rotatable bonds is 8. The van der Waals surface area contributed by atoms with Crippen molar-refractivity contribution in [3.8, 4) is 0 Å². The monoisotopic (exact) mass is 570 g/mol. The summed E-state index contributed by atoms with van der Waals surface area (Å²) in [5.41, 5.74) is 1.29. The van der Waals surface area contributed by atoms with E-state index in [0.29, 0.717) is 22.0 Å². The van der Waals surface area contributed by atoms with Gasteiger partial charge >= 0.3 is 11.9 Å². The van der Waals surface area contributed by atoms with Crippen LogP contribution in [0.15, 0.2) is 39.8 Å². The van der Waals surface area contributed by atoms with Crippen molar-refractivity contribution in [3.63, 3.8) is 0 Å². The lowest BCUT2D eigenvalue weighted by atomic mass is 9.95. The van der Waals surface area contributed by atoms with E-state index in [1.807, 2.05) is 4.90 Å². The van der Waals surface area contributed by atoms with E-state index in [2.05, 4.69) is 15.3 Å². The van der Waals surface area contributed by atoms with E-state index in [9.17, 15) is 22.4 Å². The molecule has 1 unspecified atom stereocenters. The smallest absolute Gasteiger partial charge is 0.338 e. The quantitative estimate of drug-likeness (QED) is 0.457. The number of carboxylic acids is 1. The van der Waals surface area contributed by atoms with Crippen LogP contribution in [-0.4, -0.2) is 78.9 Å². The number of amidine groups is 1. The summed E-state index contributed by atoms with van der Waals surface area (Å²) in [5.74, 6) is -1.96. The first-order valence-electron chi connectivity index (χ1n) is 11.4. The lowest BCUT2D eigenvalue weighted by molar-refractivity contribution is -0.139. The standard InChI is InChI=1S/C23H24ClFN4O6S2/c1-2-35-23(32)19-17(11-29-5-7-37(33,34)8-6-29)27-21(22-26-14(12-36-22)10-18(30)31)28-20(19)15-4-3-13(25)9-16(15)24/h3-4,9,12,20H,2,5-8,10-11H2,1H3,(H,27,28)(H,30,31). The summed E-state index contributed by atoms with van der Waals surface area (Å²) in [6, 6.07) is 2.81. The van der Waals surface area contributed by atoms with Crippen molar-refractivity contribution in [1.29, 1.82) is 0 Å². The highest BCUT2D eigenvalue weighted by Crippen LogP contribution is 2.37. The van der Waals surface area contributed by atoms with E-state index in [0.717, 1.165) is 6.07 Å². The van der Waals surface area contributed by atoms with Crippen LogP contribution in [0.25, 0.3) is 0 Å². The molecule has 3 heterocycles. The minimum absolute atomic E-state index is 0.00574. The number of sulfone groups is 1. The molecule has 0 amide bonds. The van der Waals surface area contributed by atoms with Crippen LogP contribution < -0.4 is 5.32 Å². The van der Waals surface area contributed by atoms with Gasteiger partial charge in [0.15, 0.2) is 20.7 Å². The lowest BCUT2D eigenvalue weighted by Gasteiger charge is -2.32. The fraction of sp³-hybridized carbons (Fsp3) is 0.391. The molecular weight excluding hydrogens is 547 g/mol. The first-order chi connectivity index (χ1) is 17.6. The minimum Gasteiger partial charge on any atom is -0.481 e. The zero-order chi connectivity index (χ0) is 26.7. The van der Waals surface area contributed by atoms with Gasteiger partial charge in [-0.3, -0.25) is 14.7 Å².